The molecule has 2 fully saturated rings. The number of amides is 3. The number of nitrogens with zero attached hydrogens (tertiary/aromatic N) is 1. The number of rotatable bonds is 3. The number of anilines is 1. The van der Waals surface area contributed by atoms with Crippen LogP contribution in [-0.4, -0.2) is 29.2 Å². The van der Waals surface area contributed by atoms with Gasteiger partial charge in [0.2, 0.25) is 17.7 Å². The van der Waals surface area contributed by atoms with Crippen LogP contribution in [0.5, 0.6) is 0 Å². The van der Waals surface area contributed by atoms with Gasteiger partial charge in [-0.15, -0.1) is 0 Å². The van der Waals surface area contributed by atoms with Crippen molar-refractivity contribution in [2.45, 2.75) is 13.3 Å². The second-order valence-electron chi connectivity index (χ2n) is 6.77. The number of likely N-dealkylation sites (tertiary alicyclic amines) is 1. The summed E-state index contributed by atoms with van der Waals surface area (Å²) < 4.78 is 0.929. The van der Waals surface area contributed by atoms with Crippen LogP contribution in [0.3, 0.4) is 0 Å². The molecule has 1 saturated carbocycles. The van der Waals surface area contributed by atoms with Gasteiger partial charge in [-0.3, -0.25) is 19.3 Å². The Morgan fingerprint density at radius 2 is 1.83 bits per heavy atom. The van der Waals surface area contributed by atoms with Crippen molar-refractivity contribution < 1.29 is 14.4 Å². The van der Waals surface area contributed by atoms with Crippen LogP contribution in [0.25, 0.3) is 0 Å². The number of nitrogens with one attached hydrogen (secondary N) is 1. The lowest BCUT2D eigenvalue weighted by molar-refractivity contribution is -0.143. The average Bonchev–Trinajstić information content (AvgIpc) is 3.20. The monoisotopic (exact) mass is 388 g/mol. The first-order valence-corrected chi connectivity index (χ1v) is 8.84. The Bertz CT molecular complexity index is 758. The molecule has 4 atom stereocenters. The lowest BCUT2D eigenvalue weighted by atomic mass is 9.85. The van der Waals surface area contributed by atoms with Gasteiger partial charge in [-0.25, -0.2) is 0 Å². The highest BCUT2D eigenvalue weighted by Crippen LogP contribution is 2.52. The molecule has 1 aliphatic heterocycles. The van der Waals surface area contributed by atoms with Crippen molar-refractivity contribution in [3.05, 3.63) is 40.4 Å². The molecule has 0 unspecified atom stereocenters. The quantitative estimate of drug-likeness (QED) is 0.638. The number of hydrogen-bond acceptors (Lipinski definition) is 3. The van der Waals surface area contributed by atoms with Crippen molar-refractivity contribution in [2.24, 2.45) is 23.7 Å². The van der Waals surface area contributed by atoms with Gasteiger partial charge in [0.05, 0.1) is 11.8 Å². The van der Waals surface area contributed by atoms with Crippen LogP contribution in [-0.2, 0) is 14.4 Å². The first kappa shape index (κ1) is 15.6. The summed E-state index contributed by atoms with van der Waals surface area (Å²) in [5.41, 5.74) is 1.60. The van der Waals surface area contributed by atoms with Crippen LogP contribution in [0.1, 0.15) is 12.0 Å². The van der Waals surface area contributed by atoms with E-state index in [-0.39, 0.29) is 47.9 Å². The summed E-state index contributed by atoms with van der Waals surface area (Å²) in [5.74, 6) is -0.905. The van der Waals surface area contributed by atoms with Crippen LogP contribution in [0.2, 0.25) is 0 Å². The summed E-state index contributed by atoms with van der Waals surface area (Å²) in [7, 11) is 0. The molecule has 4 rings (SSSR count). The van der Waals surface area contributed by atoms with Gasteiger partial charge in [0.25, 0.3) is 0 Å². The van der Waals surface area contributed by atoms with Crippen LogP contribution in [0.4, 0.5) is 5.69 Å². The van der Waals surface area contributed by atoms with Gasteiger partial charge in [0.1, 0.15) is 6.54 Å². The number of halogens is 1. The third-order valence-corrected chi connectivity index (χ3v) is 5.82. The van der Waals surface area contributed by atoms with E-state index >= 15 is 0 Å². The largest absolute Gasteiger partial charge is 0.324 e. The van der Waals surface area contributed by atoms with Gasteiger partial charge in [-0.2, -0.15) is 0 Å². The summed E-state index contributed by atoms with van der Waals surface area (Å²) in [6.07, 6.45) is 4.99. The van der Waals surface area contributed by atoms with Gasteiger partial charge < -0.3 is 5.32 Å². The zero-order valence-corrected chi connectivity index (χ0v) is 14.7. The highest BCUT2D eigenvalue weighted by molar-refractivity contribution is 9.10. The molecule has 3 aliphatic rings. The van der Waals surface area contributed by atoms with Gasteiger partial charge in [-0.05, 0) is 48.9 Å². The highest BCUT2D eigenvalue weighted by atomic mass is 79.9. The van der Waals surface area contributed by atoms with Gasteiger partial charge in [0, 0.05) is 10.2 Å². The zero-order chi connectivity index (χ0) is 17.0. The standard InChI is InChI=1S/C18H17BrN2O3/c1-9-6-12(19)4-5-13(9)20-14(22)8-21-17(23)15-10-2-3-11(7-10)16(15)18(21)24/h2-6,10-11,15-16H,7-8H2,1H3,(H,20,22)/t10-,11-,15-,16-/m0/s1. The number of hydrogen-bond donors (Lipinski definition) is 1. The maximum absolute atomic E-state index is 12.6. The zero-order valence-electron chi connectivity index (χ0n) is 13.2. The number of aryl methyl sites for hydroxylation is 1. The predicted molar refractivity (Wildman–Crippen MR) is 91.9 cm³/mol. The number of imide groups is 1. The van der Waals surface area contributed by atoms with Gasteiger partial charge in [0.15, 0.2) is 0 Å². The first-order valence-electron chi connectivity index (χ1n) is 8.05. The van der Waals surface area contributed by atoms with Gasteiger partial charge in [-0.1, -0.05) is 28.1 Å². The number of fused-ring (bicyclic) bond motifs is 5. The second kappa shape index (κ2) is 5.55. The average molecular weight is 389 g/mol. The molecule has 1 aromatic carbocycles. The van der Waals surface area contributed by atoms with Crippen molar-refractivity contribution in [1.29, 1.82) is 0 Å². The van der Waals surface area contributed by atoms with E-state index in [1.807, 2.05) is 31.2 Å². The lowest BCUT2D eigenvalue weighted by Crippen LogP contribution is -2.39. The van der Waals surface area contributed by atoms with Crippen LogP contribution in [0, 0.1) is 30.6 Å². The molecule has 0 aromatic heterocycles. The van der Waals surface area contributed by atoms with E-state index in [9.17, 15) is 14.4 Å². The Hall–Kier alpha value is -1.95. The van der Waals surface area contributed by atoms with E-state index in [0.717, 1.165) is 21.4 Å². The van der Waals surface area contributed by atoms with Crippen LogP contribution < -0.4 is 5.32 Å². The Labute approximate surface area is 148 Å². The van der Waals surface area contributed by atoms with Crippen molar-refractivity contribution in [3.63, 3.8) is 0 Å². The van der Waals surface area contributed by atoms with E-state index in [2.05, 4.69) is 21.2 Å². The fraction of sp³-hybridized carbons (Fsp3) is 0.389. The number of carbonyl (C=O) groups excluding carboxylic acids is 3. The van der Waals surface area contributed by atoms with E-state index < -0.39 is 0 Å². The molecule has 2 bridgehead atoms. The minimum Gasteiger partial charge on any atom is -0.324 e. The molecule has 1 N–H and O–H groups in total. The third-order valence-electron chi connectivity index (χ3n) is 5.33. The Kier molecular flexibility index (Phi) is 3.60. The first-order chi connectivity index (χ1) is 11.5. The maximum atomic E-state index is 12.6. The number of benzene rings is 1. The predicted octanol–water partition coefficient (Wildman–Crippen LogP) is 2.50. The summed E-state index contributed by atoms with van der Waals surface area (Å²) >= 11 is 3.38. The molecule has 1 aromatic rings. The molecule has 3 amide bonds. The molecule has 1 heterocycles. The van der Waals surface area contributed by atoms with Gasteiger partial charge >= 0.3 is 0 Å². The molecule has 0 spiro atoms. The number of carbonyl (C=O) groups is 3. The normalized spacial score (nSPS) is 30.2. The van der Waals surface area contributed by atoms with E-state index in [0.29, 0.717) is 5.69 Å². The molecule has 24 heavy (non-hydrogen) atoms. The SMILES string of the molecule is Cc1cc(Br)ccc1NC(=O)CN1C(=O)[C@@H]2[C@@H](C1=O)[C@H]1C=C[C@H]2C1. The van der Waals surface area contributed by atoms with E-state index in [1.54, 1.807) is 6.07 Å². The minimum atomic E-state index is -0.345. The lowest BCUT2D eigenvalue weighted by Gasteiger charge is -2.17. The highest BCUT2D eigenvalue weighted by Gasteiger charge is 2.59. The fourth-order valence-corrected chi connectivity index (χ4v) is 4.70. The molecular formula is C18H17BrN2O3. The molecule has 5 nitrogen and oxygen atoms in total. The maximum Gasteiger partial charge on any atom is 0.244 e. The summed E-state index contributed by atoms with van der Waals surface area (Å²) in [6.45, 7) is 1.68. The second-order valence-corrected chi connectivity index (χ2v) is 7.69. The smallest absolute Gasteiger partial charge is 0.244 e. The summed E-state index contributed by atoms with van der Waals surface area (Å²) in [6, 6.07) is 5.53. The van der Waals surface area contributed by atoms with E-state index in [1.165, 1.54) is 0 Å². The van der Waals surface area contributed by atoms with Crippen molar-refractivity contribution in [2.75, 3.05) is 11.9 Å². The summed E-state index contributed by atoms with van der Waals surface area (Å²) in [4.78, 5) is 38.6. The van der Waals surface area contributed by atoms with Crippen molar-refractivity contribution in [1.82, 2.24) is 4.90 Å². The molecule has 2 aliphatic carbocycles. The molecule has 6 heteroatoms. The molecule has 1 saturated heterocycles. The fourth-order valence-electron chi connectivity index (χ4n) is 4.22. The van der Waals surface area contributed by atoms with E-state index in [4.69, 9.17) is 0 Å². The Morgan fingerprint density at radius 1 is 1.21 bits per heavy atom. The molecular weight excluding hydrogens is 372 g/mol. The van der Waals surface area contributed by atoms with Crippen LogP contribution in [0.15, 0.2) is 34.8 Å². The number of allylic oxidation sites excluding steroid dienone is 2. The topological polar surface area (TPSA) is 66.5 Å². The molecule has 124 valence electrons. The molecule has 0 radical (unpaired) electrons. The van der Waals surface area contributed by atoms with Crippen molar-refractivity contribution in [3.8, 4) is 0 Å². The Morgan fingerprint density at radius 3 is 2.42 bits per heavy atom. The Balaban J connectivity index is 1.47. The van der Waals surface area contributed by atoms with Crippen LogP contribution >= 0.6 is 15.9 Å². The summed E-state index contributed by atoms with van der Waals surface area (Å²) in [5, 5.41) is 2.79. The third kappa shape index (κ3) is 2.32. The van der Waals surface area contributed by atoms with Crippen molar-refractivity contribution >= 4 is 39.3 Å². The minimum absolute atomic E-state index is 0.165.